The van der Waals surface area contributed by atoms with Gasteiger partial charge in [-0.15, -0.1) is 0 Å². The third kappa shape index (κ3) is 5.26. The van der Waals surface area contributed by atoms with Crippen LogP contribution in [0.5, 0.6) is 5.75 Å². The first-order valence-corrected chi connectivity index (χ1v) is 9.33. The van der Waals surface area contributed by atoms with Crippen molar-refractivity contribution < 1.29 is 18.7 Å². The zero-order valence-electron chi connectivity index (χ0n) is 16.3. The van der Waals surface area contributed by atoms with Crippen LogP contribution in [0.2, 0.25) is 0 Å². The zero-order valence-corrected chi connectivity index (χ0v) is 16.3. The Labute approximate surface area is 169 Å². The summed E-state index contributed by atoms with van der Waals surface area (Å²) < 4.78 is 18.8. The van der Waals surface area contributed by atoms with E-state index >= 15 is 0 Å². The standard InChI is InChI=1S/C25H21FO3/c1-17(2)19-10-7-18(8-11-19)9-16-24(27)20-12-14-21(15-13-20)29-25(28)22-5-3-4-6-23(22)26/h3-17H,1-2H3/b16-9+. The number of rotatable bonds is 6. The van der Waals surface area contributed by atoms with Crippen molar-refractivity contribution in [2.75, 3.05) is 0 Å². The van der Waals surface area contributed by atoms with Crippen molar-refractivity contribution >= 4 is 17.8 Å². The number of carbonyl (C=O) groups is 2. The molecule has 3 aromatic carbocycles. The Kier molecular flexibility index (Phi) is 6.35. The first-order valence-electron chi connectivity index (χ1n) is 9.33. The van der Waals surface area contributed by atoms with Crippen LogP contribution in [0.1, 0.15) is 51.6 Å². The van der Waals surface area contributed by atoms with E-state index in [9.17, 15) is 14.0 Å². The monoisotopic (exact) mass is 388 g/mol. The fourth-order valence-corrected chi connectivity index (χ4v) is 2.74. The predicted molar refractivity (Wildman–Crippen MR) is 112 cm³/mol. The molecule has 0 fully saturated rings. The third-order valence-electron chi connectivity index (χ3n) is 4.47. The highest BCUT2D eigenvalue weighted by atomic mass is 19.1. The molecule has 4 heteroatoms. The summed E-state index contributed by atoms with van der Waals surface area (Å²) in [6, 6.07) is 19.8. The number of hydrogen-bond donors (Lipinski definition) is 0. The summed E-state index contributed by atoms with van der Waals surface area (Å²) in [4.78, 5) is 24.4. The Morgan fingerprint density at radius 1 is 0.897 bits per heavy atom. The van der Waals surface area contributed by atoms with Crippen molar-refractivity contribution in [3.8, 4) is 5.75 Å². The number of benzene rings is 3. The van der Waals surface area contributed by atoms with Gasteiger partial charge in [0, 0.05) is 5.56 Å². The lowest BCUT2D eigenvalue weighted by Crippen LogP contribution is -2.10. The van der Waals surface area contributed by atoms with Crippen molar-refractivity contribution in [2.45, 2.75) is 19.8 Å². The van der Waals surface area contributed by atoms with Crippen LogP contribution in [0.3, 0.4) is 0 Å². The minimum atomic E-state index is -0.785. The van der Waals surface area contributed by atoms with Crippen LogP contribution in [-0.4, -0.2) is 11.8 Å². The summed E-state index contributed by atoms with van der Waals surface area (Å²) >= 11 is 0. The van der Waals surface area contributed by atoms with E-state index in [-0.39, 0.29) is 17.1 Å². The maximum Gasteiger partial charge on any atom is 0.346 e. The molecule has 0 bridgehead atoms. The Bertz CT molecular complexity index is 1030. The summed E-state index contributed by atoms with van der Waals surface area (Å²) in [5.74, 6) is -0.892. The molecule has 146 valence electrons. The first-order chi connectivity index (χ1) is 13.9. The summed E-state index contributed by atoms with van der Waals surface area (Å²) in [7, 11) is 0. The highest BCUT2D eigenvalue weighted by molar-refractivity contribution is 6.06. The van der Waals surface area contributed by atoms with Gasteiger partial charge in [0.05, 0.1) is 5.56 Å². The summed E-state index contributed by atoms with van der Waals surface area (Å²) in [6.07, 6.45) is 3.27. The van der Waals surface area contributed by atoms with Gasteiger partial charge in [-0.25, -0.2) is 9.18 Å². The first kappa shape index (κ1) is 20.2. The molecule has 3 aromatic rings. The molecule has 0 aliphatic carbocycles. The molecule has 0 radical (unpaired) electrons. The number of carbonyl (C=O) groups excluding carboxylic acids is 2. The Morgan fingerprint density at radius 2 is 1.55 bits per heavy atom. The van der Waals surface area contributed by atoms with Gasteiger partial charge in [0.15, 0.2) is 5.78 Å². The number of esters is 1. The van der Waals surface area contributed by atoms with Crippen LogP contribution >= 0.6 is 0 Å². The number of halogens is 1. The van der Waals surface area contributed by atoms with E-state index in [0.717, 1.165) is 5.56 Å². The number of hydrogen-bond acceptors (Lipinski definition) is 3. The fourth-order valence-electron chi connectivity index (χ4n) is 2.74. The molecule has 0 aliphatic heterocycles. The fraction of sp³-hybridized carbons (Fsp3) is 0.120. The van der Waals surface area contributed by atoms with Crippen molar-refractivity contribution in [1.82, 2.24) is 0 Å². The Hall–Kier alpha value is -3.53. The van der Waals surface area contributed by atoms with E-state index in [1.54, 1.807) is 24.3 Å². The molecular formula is C25H21FO3. The van der Waals surface area contributed by atoms with Crippen LogP contribution in [0, 0.1) is 5.82 Å². The molecule has 0 N–H and O–H groups in total. The maximum absolute atomic E-state index is 13.6. The van der Waals surface area contributed by atoms with E-state index in [1.165, 1.54) is 42.0 Å². The molecule has 0 heterocycles. The van der Waals surface area contributed by atoms with Gasteiger partial charge < -0.3 is 4.74 Å². The molecule has 0 aliphatic rings. The lowest BCUT2D eigenvalue weighted by molar-refractivity contribution is 0.0730. The van der Waals surface area contributed by atoms with Crippen molar-refractivity contribution in [2.24, 2.45) is 0 Å². The van der Waals surface area contributed by atoms with E-state index in [0.29, 0.717) is 11.5 Å². The highest BCUT2D eigenvalue weighted by Gasteiger charge is 2.13. The van der Waals surface area contributed by atoms with Gasteiger partial charge in [-0.05, 0) is 59.5 Å². The molecule has 3 nitrogen and oxygen atoms in total. The summed E-state index contributed by atoms with van der Waals surface area (Å²) in [5, 5.41) is 0. The molecule has 0 unspecified atom stereocenters. The molecular weight excluding hydrogens is 367 g/mol. The predicted octanol–water partition coefficient (Wildman–Crippen LogP) is 6.06. The number of ether oxygens (including phenoxy) is 1. The van der Waals surface area contributed by atoms with Gasteiger partial charge in [0.25, 0.3) is 0 Å². The van der Waals surface area contributed by atoms with Crippen LogP contribution in [0.15, 0.2) is 78.9 Å². The van der Waals surface area contributed by atoms with Gasteiger partial charge in [-0.2, -0.15) is 0 Å². The number of allylic oxidation sites excluding steroid dienone is 1. The molecule has 29 heavy (non-hydrogen) atoms. The quantitative estimate of drug-likeness (QED) is 0.223. The van der Waals surface area contributed by atoms with Crippen LogP contribution < -0.4 is 4.74 Å². The Balaban J connectivity index is 1.64. The molecule has 0 spiro atoms. The lowest BCUT2D eigenvalue weighted by atomic mass is 10.0. The minimum absolute atomic E-state index is 0.140. The van der Waals surface area contributed by atoms with E-state index in [2.05, 4.69) is 13.8 Å². The minimum Gasteiger partial charge on any atom is -0.423 e. The van der Waals surface area contributed by atoms with Gasteiger partial charge in [-0.1, -0.05) is 56.3 Å². The molecule has 0 amide bonds. The zero-order chi connectivity index (χ0) is 20.8. The van der Waals surface area contributed by atoms with Crippen LogP contribution in [0.25, 0.3) is 6.08 Å². The maximum atomic E-state index is 13.6. The van der Waals surface area contributed by atoms with Crippen molar-refractivity contribution in [3.05, 3.63) is 107 Å². The number of ketones is 1. The molecule has 0 atom stereocenters. The van der Waals surface area contributed by atoms with Crippen LogP contribution in [-0.2, 0) is 0 Å². The average Bonchev–Trinajstić information content (AvgIpc) is 2.73. The summed E-state index contributed by atoms with van der Waals surface area (Å²) in [6.45, 7) is 4.26. The van der Waals surface area contributed by atoms with E-state index < -0.39 is 11.8 Å². The van der Waals surface area contributed by atoms with Crippen LogP contribution in [0.4, 0.5) is 4.39 Å². The topological polar surface area (TPSA) is 43.4 Å². The van der Waals surface area contributed by atoms with Crippen molar-refractivity contribution in [3.63, 3.8) is 0 Å². The van der Waals surface area contributed by atoms with E-state index in [4.69, 9.17) is 4.74 Å². The largest absolute Gasteiger partial charge is 0.423 e. The van der Waals surface area contributed by atoms with Gasteiger partial charge in [0.1, 0.15) is 11.6 Å². The summed E-state index contributed by atoms with van der Waals surface area (Å²) in [5.41, 5.74) is 2.51. The second-order valence-corrected chi connectivity index (χ2v) is 6.91. The molecule has 0 saturated carbocycles. The second-order valence-electron chi connectivity index (χ2n) is 6.91. The lowest BCUT2D eigenvalue weighted by Gasteiger charge is -2.06. The highest BCUT2D eigenvalue weighted by Crippen LogP contribution is 2.18. The van der Waals surface area contributed by atoms with E-state index in [1.807, 2.05) is 24.3 Å². The molecule has 3 rings (SSSR count). The second kappa shape index (κ2) is 9.11. The Morgan fingerprint density at radius 3 is 2.17 bits per heavy atom. The van der Waals surface area contributed by atoms with Gasteiger partial charge in [0.2, 0.25) is 0 Å². The normalized spacial score (nSPS) is 11.0. The SMILES string of the molecule is CC(C)c1ccc(/C=C/C(=O)c2ccc(OC(=O)c3ccccc3F)cc2)cc1. The van der Waals surface area contributed by atoms with Gasteiger partial charge >= 0.3 is 5.97 Å². The van der Waals surface area contributed by atoms with Crippen molar-refractivity contribution in [1.29, 1.82) is 0 Å². The molecule has 0 aromatic heterocycles. The van der Waals surface area contributed by atoms with Gasteiger partial charge in [-0.3, -0.25) is 4.79 Å². The third-order valence-corrected chi connectivity index (χ3v) is 4.47. The molecule has 0 saturated heterocycles. The average molecular weight is 388 g/mol. The smallest absolute Gasteiger partial charge is 0.346 e.